The molecule has 2 heterocycles. The fourth-order valence-electron chi connectivity index (χ4n) is 4.04. The molecule has 0 bridgehead atoms. The molecule has 7 heteroatoms. The Labute approximate surface area is 161 Å². The van der Waals surface area contributed by atoms with Gasteiger partial charge < -0.3 is 21.3 Å². The van der Waals surface area contributed by atoms with Crippen molar-refractivity contribution in [3.05, 3.63) is 23.9 Å². The van der Waals surface area contributed by atoms with Crippen molar-refractivity contribution < 1.29 is 4.79 Å². The predicted molar refractivity (Wildman–Crippen MR) is 109 cm³/mol. The van der Waals surface area contributed by atoms with Crippen LogP contribution in [-0.4, -0.2) is 43.0 Å². The number of carbonyl (C=O) groups is 1. The summed E-state index contributed by atoms with van der Waals surface area (Å²) in [6.45, 7) is 2.30. The first kappa shape index (κ1) is 19.5. The van der Waals surface area contributed by atoms with Gasteiger partial charge in [-0.3, -0.25) is 9.79 Å². The van der Waals surface area contributed by atoms with Crippen molar-refractivity contribution in [2.24, 2.45) is 16.6 Å². The summed E-state index contributed by atoms with van der Waals surface area (Å²) in [5.41, 5.74) is 6.59. The number of amides is 1. The average molecular weight is 373 g/mol. The van der Waals surface area contributed by atoms with Gasteiger partial charge in [0.1, 0.15) is 5.82 Å². The van der Waals surface area contributed by atoms with Crippen molar-refractivity contribution in [3.63, 3.8) is 0 Å². The van der Waals surface area contributed by atoms with Crippen LogP contribution in [0.5, 0.6) is 0 Å². The predicted octanol–water partition coefficient (Wildman–Crippen LogP) is 1.78. The number of piperidine rings is 1. The number of anilines is 1. The highest BCUT2D eigenvalue weighted by atomic mass is 16.1. The zero-order valence-corrected chi connectivity index (χ0v) is 16.3. The highest BCUT2D eigenvalue weighted by Gasteiger charge is 2.25. The van der Waals surface area contributed by atoms with Crippen LogP contribution in [0.4, 0.5) is 5.82 Å². The van der Waals surface area contributed by atoms with Crippen LogP contribution in [0.2, 0.25) is 0 Å². The maximum Gasteiger partial charge on any atom is 0.220 e. The van der Waals surface area contributed by atoms with Crippen molar-refractivity contribution >= 4 is 17.7 Å². The van der Waals surface area contributed by atoms with E-state index < -0.39 is 0 Å². The monoisotopic (exact) mass is 372 g/mol. The molecule has 1 saturated heterocycles. The van der Waals surface area contributed by atoms with E-state index in [0.717, 1.165) is 43.3 Å². The fourth-order valence-corrected chi connectivity index (χ4v) is 4.04. The number of primary amides is 1. The highest BCUT2D eigenvalue weighted by Crippen LogP contribution is 2.24. The molecule has 3 rings (SSSR count). The fraction of sp³-hybridized carbons (Fsp3) is 0.650. The summed E-state index contributed by atoms with van der Waals surface area (Å²) in [6, 6.07) is 4.59. The molecule has 4 N–H and O–H groups in total. The van der Waals surface area contributed by atoms with Crippen molar-refractivity contribution in [1.29, 1.82) is 0 Å². The lowest BCUT2D eigenvalue weighted by Gasteiger charge is -2.32. The molecular formula is C20H32N6O. The van der Waals surface area contributed by atoms with E-state index in [1.165, 1.54) is 32.1 Å². The van der Waals surface area contributed by atoms with Crippen LogP contribution in [0.3, 0.4) is 0 Å². The molecule has 1 saturated carbocycles. The van der Waals surface area contributed by atoms with Crippen LogP contribution >= 0.6 is 0 Å². The van der Waals surface area contributed by atoms with Gasteiger partial charge in [-0.15, -0.1) is 0 Å². The van der Waals surface area contributed by atoms with E-state index >= 15 is 0 Å². The lowest BCUT2D eigenvalue weighted by molar-refractivity contribution is -0.122. The van der Waals surface area contributed by atoms with Gasteiger partial charge in [-0.25, -0.2) is 4.98 Å². The molecule has 1 aromatic heterocycles. The molecule has 2 aliphatic rings. The molecule has 0 aromatic carbocycles. The minimum absolute atomic E-state index is 0.00921. The number of nitrogens with two attached hydrogens (primary N) is 1. The summed E-state index contributed by atoms with van der Waals surface area (Å²) in [7, 11) is 1.82. The lowest BCUT2D eigenvalue weighted by Crippen LogP contribution is -2.44. The van der Waals surface area contributed by atoms with Crippen molar-refractivity contribution in [2.75, 3.05) is 25.0 Å². The van der Waals surface area contributed by atoms with E-state index in [9.17, 15) is 4.79 Å². The summed E-state index contributed by atoms with van der Waals surface area (Å²) < 4.78 is 0. The molecule has 2 fully saturated rings. The zero-order chi connectivity index (χ0) is 19.1. The third-order valence-corrected chi connectivity index (χ3v) is 5.68. The molecule has 7 nitrogen and oxygen atoms in total. The van der Waals surface area contributed by atoms with E-state index in [-0.39, 0.29) is 11.8 Å². The number of hydrogen-bond donors (Lipinski definition) is 3. The Bertz CT molecular complexity index is 648. The second kappa shape index (κ2) is 9.58. The first-order valence-corrected chi connectivity index (χ1v) is 10.1. The number of nitrogens with zero attached hydrogens (tertiary/aromatic N) is 3. The number of aliphatic imine (C=N–C) groups is 1. The Hall–Kier alpha value is -2.31. The Balaban J connectivity index is 1.58. The summed E-state index contributed by atoms with van der Waals surface area (Å²) in [5, 5.41) is 6.98. The Morgan fingerprint density at radius 3 is 2.67 bits per heavy atom. The minimum atomic E-state index is -0.185. The lowest BCUT2D eigenvalue weighted by atomic mass is 9.96. The van der Waals surface area contributed by atoms with Gasteiger partial charge in [0.05, 0.1) is 0 Å². The summed E-state index contributed by atoms with van der Waals surface area (Å²) in [4.78, 5) is 22.6. The van der Waals surface area contributed by atoms with Gasteiger partial charge in [-0.2, -0.15) is 0 Å². The molecule has 0 spiro atoms. The molecule has 1 amide bonds. The van der Waals surface area contributed by atoms with Gasteiger partial charge in [0.25, 0.3) is 0 Å². The first-order valence-electron chi connectivity index (χ1n) is 10.1. The molecule has 1 aliphatic carbocycles. The van der Waals surface area contributed by atoms with Crippen LogP contribution in [0, 0.1) is 5.92 Å². The first-order chi connectivity index (χ1) is 13.2. The molecule has 148 valence electrons. The third-order valence-electron chi connectivity index (χ3n) is 5.68. The van der Waals surface area contributed by atoms with E-state index in [1.807, 2.05) is 19.3 Å². The van der Waals surface area contributed by atoms with E-state index in [4.69, 9.17) is 5.73 Å². The number of hydrogen-bond acceptors (Lipinski definition) is 4. The van der Waals surface area contributed by atoms with Crippen molar-refractivity contribution in [3.8, 4) is 0 Å². The molecule has 27 heavy (non-hydrogen) atoms. The number of guanidine groups is 1. The second-order valence-corrected chi connectivity index (χ2v) is 7.55. The SMILES string of the molecule is CN=C(NCc1cccnc1N1CCC(C(N)=O)CC1)NC1CCCCC1. The zero-order valence-electron chi connectivity index (χ0n) is 16.3. The standard InChI is InChI=1S/C20H32N6O/c1-22-20(25-17-7-3-2-4-8-17)24-14-16-6-5-11-23-19(16)26-12-9-15(10-13-26)18(21)27/h5-6,11,15,17H,2-4,7-10,12-14H2,1H3,(H2,21,27)(H2,22,24,25). The van der Waals surface area contributed by atoms with E-state index in [2.05, 4.69) is 31.6 Å². The Kier molecular flexibility index (Phi) is 6.90. The summed E-state index contributed by atoms with van der Waals surface area (Å²) >= 11 is 0. The quantitative estimate of drug-likeness (QED) is 0.541. The van der Waals surface area contributed by atoms with Gasteiger partial charge in [0, 0.05) is 50.4 Å². The van der Waals surface area contributed by atoms with Gasteiger partial charge >= 0.3 is 0 Å². The topological polar surface area (TPSA) is 95.6 Å². The molecule has 0 unspecified atom stereocenters. The van der Waals surface area contributed by atoms with Crippen molar-refractivity contribution in [1.82, 2.24) is 15.6 Å². The van der Waals surface area contributed by atoms with Crippen LogP contribution in [-0.2, 0) is 11.3 Å². The van der Waals surface area contributed by atoms with Crippen LogP contribution in [0.1, 0.15) is 50.5 Å². The Morgan fingerprint density at radius 2 is 2.00 bits per heavy atom. The van der Waals surface area contributed by atoms with Crippen LogP contribution in [0.15, 0.2) is 23.3 Å². The second-order valence-electron chi connectivity index (χ2n) is 7.55. The molecule has 1 aromatic rings. The molecular weight excluding hydrogens is 340 g/mol. The normalized spacial score (nSPS) is 19.7. The van der Waals surface area contributed by atoms with Gasteiger partial charge in [-0.1, -0.05) is 25.3 Å². The molecule has 1 aliphatic heterocycles. The maximum absolute atomic E-state index is 11.4. The highest BCUT2D eigenvalue weighted by molar-refractivity contribution is 5.80. The van der Waals surface area contributed by atoms with Crippen LogP contribution < -0.4 is 21.3 Å². The number of carbonyl (C=O) groups excluding carboxylic acids is 1. The maximum atomic E-state index is 11.4. The number of nitrogens with one attached hydrogen (secondary N) is 2. The molecule has 0 atom stereocenters. The summed E-state index contributed by atoms with van der Waals surface area (Å²) in [5.74, 6) is 1.64. The van der Waals surface area contributed by atoms with Gasteiger partial charge in [-0.05, 0) is 31.7 Å². The summed E-state index contributed by atoms with van der Waals surface area (Å²) in [6.07, 6.45) is 9.78. The smallest absolute Gasteiger partial charge is 0.220 e. The van der Waals surface area contributed by atoms with Gasteiger partial charge in [0.15, 0.2) is 5.96 Å². The number of rotatable bonds is 5. The van der Waals surface area contributed by atoms with E-state index in [1.54, 1.807) is 0 Å². The molecule has 0 radical (unpaired) electrons. The number of pyridine rings is 1. The third kappa shape index (κ3) is 5.34. The average Bonchev–Trinajstić information content (AvgIpc) is 2.72. The van der Waals surface area contributed by atoms with Gasteiger partial charge in [0.2, 0.25) is 5.91 Å². The van der Waals surface area contributed by atoms with E-state index in [0.29, 0.717) is 12.6 Å². The van der Waals surface area contributed by atoms with Crippen molar-refractivity contribution in [2.45, 2.75) is 57.5 Å². The largest absolute Gasteiger partial charge is 0.369 e. The Morgan fingerprint density at radius 1 is 1.26 bits per heavy atom. The minimum Gasteiger partial charge on any atom is -0.369 e. The number of aromatic nitrogens is 1. The van der Waals surface area contributed by atoms with Crippen LogP contribution in [0.25, 0.3) is 0 Å².